The number of nitrogens with one attached hydrogen (secondary N) is 1. The molecule has 0 radical (unpaired) electrons. The Labute approximate surface area is 108 Å². The molecule has 0 bridgehead atoms. The van der Waals surface area contributed by atoms with Crippen LogP contribution in [0.15, 0.2) is 24.3 Å². The van der Waals surface area contributed by atoms with Crippen LogP contribution >= 0.6 is 0 Å². The molecule has 1 aromatic rings. The third kappa shape index (κ3) is 3.87. The topological polar surface area (TPSA) is 49.3 Å². The molecule has 1 unspecified atom stereocenters. The molecule has 1 fully saturated rings. The summed E-state index contributed by atoms with van der Waals surface area (Å²) < 4.78 is 37.2. The Kier molecular flexibility index (Phi) is 3.68. The zero-order valence-electron chi connectivity index (χ0n) is 10.1. The van der Waals surface area contributed by atoms with Crippen molar-refractivity contribution in [2.24, 2.45) is 5.92 Å². The van der Waals surface area contributed by atoms with Gasteiger partial charge in [0.25, 0.3) is 0 Å². The maximum Gasteiger partial charge on any atom is 0.416 e. The standard InChI is InChI=1S/C13H14F3NO2/c14-13(15,16)9-3-5-10(6-4-9)17-11(7-12(18)19)8-1-2-8/h3-6,8,11,17H,1-2,7H2,(H,18,19). The molecule has 1 atom stereocenters. The Morgan fingerprint density at radius 2 is 1.89 bits per heavy atom. The SMILES string of the molecule is O=C(O)CC(Nc1ccc(C(F)(F)F)cc1)C1CC1. The molecule has 0 aromatic heterocycles. The second-order valence-electron chi connectivity index (χ2n) is 4.76. The number of benzene rings is 1. The highest BCUT2D eigenvalue weighted by Crippen LogP contribution is 2.36. The summed E-state index contributed by atoms with van der Waals surface area (Å²) in [6, 6.07) is 4.44. The maximum absolute atomic E-state index is 12.4. The predicted molar refractivity (Wildman–Crippen MR) is 63.8 cm³/mol. The normalized spacial score (nSPS) is 17.0. The fourth-order valence-electron chi connectivity index (χ4n) is 1.99. The quantitative estimate of drug-likeness (QED) is 0.864. The molecule has 1 aliphatic rings. The highest BCUT2D eigenvalue weighted by Gasteiger charge is 2.33. The smallest absolute Gasteiger partial charge is 0.416 e. The zero-order chi connectivity index (χ0) is 14.0. The number of carbonyl (C=O) groups is 1. The van der Waals surface area contributed by atoms with Crippen LogP contribution in [0.1, 0.15) is 24.8 Å². The molecular formula is C13H14F3NO2. The number of alkyl halides is 3. The number of anilines is 1. The fourth-order valence-corrected chi connectivity index (χ4v) is 1.99. The van der Waals surface area contributed by atoms with Gasteiger partial charge in [-0.1, -0.05) is 0 Å². The van der Waals surface area contributed by atoms with Gasteiger partial charge in [0.1, 0.15) is 0 Å². The number of rotatable bonds is 5. The van der Waals surface area contributed by atoms with Crippen molar-refractivity contribution < 1.29 is 23.1 Å². The van der Waals surface area contributed by atoms with Gasteiger partial charge in [0.05, 0.1) is 12.0 Å². The predicted octanol–water partition coefficient (Wildman–Crippen LogP) is 3.37. The van der Waals surface area contributed by atoms with E-state index in [1.165, 1.54) is 12.1 Å². The van der Waals surface area contributed by atoms with Gasteiger partial charge in [-0.3, -0.25) is 4.79 Å². The minimum Gasteiger partial charge on any atom is -0.481 e. The van der Waals surface area contributed by atoms with Gasteiger partial charge >= 0.3 is 12.1 Å². The van der Waals surface area contributed by atoms with Crippen LogP contribution in [-0.2, 0) is 11.0 Å². The van der Waals surface area contributed by atoms with Crippen LogP contribution in [0.4, 0.5) is 18.9 Å². The lowest BCUT2D eigenvalue weighted by Gasteiger charge is -2.18. The lowest BCUT2D eigenvalue weighted by atomic mass is 10.1. The lowest BCUT2D eigenvalue weighted by molar-refractivity contribution is -0.138. The van der Waals surface area contributed by atoms with E-state index in [1.54, 1.807) is 0 Å². The first-order valence-corrected chi connectivity index (χ1v) is 6.02. The van der Waals surface area contributed by atoms with Crippen LogP contribution in [0.5, 0.6) is 0 Å². The van der Waals surface area contributed by atoms with Crippen molar-refractivity contribution in [3.8, 4) is 0 Å². The van der Waals surface area contributed by atoms with E-state index >= 15 is 0 Å². The second-order valence-corrected chi connectivity index (χ2v) is 4.76. The van der Waals surface area contributed by atoms with Gasteiger partial charge in [-0.2, -0.15) is 13.2 Å². The summed E-state index contributed by atoms with van der Waals surface area (Å²) >= 11 is 0. The van der Waals surface area contributed by atoms with E-state index in [1.807, 2.05) is 0 Å². The van der Waals surface area contributed by atoms with Crippen LogP contribution in [-0.4, -0.2) is 17.1 Å². The molecule has 6 heteroatoms. The second kappa shape index (κ2) is 5.11. The van der Waals surface area contributed by atoms with Gasteiger partial charge < -0.3 is 10.4 Å². The molecule has 3 nitrogen and oxygen atoms in total. The zero-order valence-corrected chi connectivity index (χ0v) is 10.1. The third-order valence-corrected chi connectivity index (χ3v) is 3.15. The number of carboxylic acid groups (broad SMARTS) is 1. The monoisotopic (exact) mass is 273 g/mol. The van der Waals surface area contributed by atoms with Crippen molar-refractivity contribution in [2.45, 2.75) is 31.5 Å². The molecule has 104 valence electrons. The average Bonchev–Trinajstić information content (AvgIpc) is 3.10. The summed E-state index contributed by atoms with van der Waals surface area (Å²) in [6.07, 6.45) is -2.45. The molecule has 1 saturated carbocycles. The Hall–Kier alpha value is -1.72. The van der Waals surface area contributed by atoms with Crippen molar-refractivity contribution in [2.75, 3.05) is 5.32 Å². The van der Waals surface area contributed by atoms with Crippen LogP contribution in [0.3, 0.4) is 0 Å². The summed E-state index contributed by atoms with van der Waals surface area (Å²) in [4.78, 5) is 10.7. The summed E-state index contributed by atoms with van der Waals surface area (Å²) in [5.41, 5.74) is -0.189. The van der Waals surface area contributed by atoms with Crippen molar-refractivity contribution in [1.29, 1.82) is 0 Å². The van der Waals surface area contributed by atoms with Gasteiger partial charge in [0, 0.05) is 11.7 Å². The first-order chi connectivity index (χ1) is 8.86. The Morgan fingerprint density at radius 3 is 2.32 bits per heavy atom. The highest BCUT2D eigenvalue weighted by molar-refractivity contribution is 5.68. The molecule has 19 heavy (non-hydrogen) atoms. The molecule has 0 spiro atoms. The van der Waals surface area contributed by atoms with Crippen LogP contribution < -0.4 is 5.32 Å². The van der Waals surface area contributed by atoms with E-state index in [-0.39, 0.29) is 12.5 Å². The van der Waals surface area contributed by atoms with Crippen molar-refractivity contribution in [1.82, 2.24) is 0 Å². The summed E-state index contributed by atoms with van der Waals surface area (Å²) in [7, 11) is 0. The maximum atomic E-state index is 12.4. The number of carboxylic acids is 1. The molecule has 2 rings (SSSR count). The van der Waals surface area contributed by atoms with Gasteiger partial charge in [-0.25, -0.2) is 0 Å². The van der Waals surface area contributed by atoms with Gasteiger partial charge in [0.2, 0.25) is 0 Å². The first kappa shape index (κ1) is 13.7. The first-order valence-electron chi connectivity index (χ1n) is 6.02. The minimum absolute atomic E-state index is 0.0221. The van der Waals surface area contributed by atoms with Crippen LogP contribution in [0.2, 0.25) is 0 Å². The molecule has 0 amide bonds. The van der Waals surface area contributed by atoms with Crippen molar-refractivity contribution in [3.63, 3.8) is 0 Å². The van der Waals surface area contributed by atoms with Gasteiger partial charge in [-0.15, -0.1) is 0 Å². The van der Waals surface area contributed by atoms with E-state index in [0.29, 0.717) is 11.6 Å². The highest BCUT2D eigenvalue weighted by atomic mass is 19.4. The van der Waals surface area contributed by atoms with E-state index in [4.69, 9.17) is 5.11 Å². The van der Waals surface area contributed by atoms with Crippen molar-refractivity contribution in [3.05, 3.63) is 29.8 Å². The molecule has 1 aliphatic carbocycles. The van der Waals surface area contributed by atoms with E-state index < -0.39 is 17.7 Å². The summed E-state index contributed by atoms with van der Waals surface area (Å²) in [5.74, 6) is -0.602. The Morgan fingerprint density at radius 1 is 1.32 bits per heavy atom. The molecule has 0 aliphatic heterocycles. The fraction of sp³-hybridized carbons (Fsp3) is 0.462. The van der Waals surface area contributed by atoms with Crippen molar-refractivity contribution >= 4 is 11.7 Å². The molecule has 0 saturated heterocycles. The Bertz CT molecular complexity index is 452. The minimum atomic E-state index is -4.35. The number of hydrogen-bond acceptors (Lipinski definition) is 2. The van der Waals surface area contributed by atoms with Crippen LogP contribution in [0, 0.1) is 5.92 Å². The number of aliphatic carboxylic acids is 1. The van der Waals surface area contributed by atoms with Crippen LogP contribution in [0.25, 0.3) is 0 Å². The summed E-state index contributed by atoms with van der Waals surface area (Å²) in [6.45, 7) is 0. The molecule has 2 N–H and O–H groups in total. The van der Waals surface area contributed by atoms with E-state index in [9.17, 15) is 18.0 Å². The molecule has 0 heterocycles. The third-order valence-electron chi connectivity index (χ3n) is 3.15. The average molecular weight is 273 g/mol. The largest absolute Gasteiger partial charge is 0.481 e. The lowest BCUT2D eigenvalue weighted by Crippen LogP contribution is -2.25. The summed E-state index contributed by atoms with van der Waals surface area (Å²) in [5, 5.41) is 11.8. The van der Waals surface area contributed by atoms with Gasteiger partial charge in [0.15, 0.2) is 0 Å². The number of hydrogen-bond donors (Lipinski definition) is 2. The number of halogens is 3. The van der Waals surface area contributed by atoms with Gasteiger partial charge in [-0.05, 0) is 43.0 Å². The van der Waals surface area contributed by atoms with E-state index in [0.717, 1.165) is 25.0 Å². The molecular weight excluding hydrogens is 259 g/mol. The molecule has 1 aromatic carbocycles. The van der Waals surface area contributed by atoms with E-state index in [2.05, 4.69) is 5.32 Å². The Balaban J connectivity index is 2.03.